The first-order valence-electron chi connectivity index (χ1n) is 3.91. The van der Waals surface area contributed by atoms with Crippen LogP contribution >= 0.6 is 0 Å². The molecule has 0 unspecified atom stereocenters. The Labute approximate surface area is 104 Å². The minimum absolute atomic E-state index is 0. The van der Waals surface area contributed by atoms with Crippen molar-refractivity contribution in [3.63, 3.8) is 0 Å². The zero-order valence-corrected chi connectivity index (χ0v) is 9.40. The highest BCUT2D eigenvalue weighted by Crippen LogP contribution is 2.26. The second kappa shape index (κ2) is 11.4. The molecule has 0 saturated carbocycles. The first kappa shape index (κ1) is 24.9. The number of carboxylic acid groups (broad SMARTS) is 1. The number of aliphatic carboxylic acids is 1. The van der Waals surface area contributed by atoms with Gasteiger partial charge in [0.2, 0.25) is 0 Å². The summed E-state index contributed by atoms with van der Waals surface area (Å²) < 4.78 is 4.86. The summed E-state index contributed by atoms with van der Waals surface area (Å²) in [6, 6.07) is 4.59. The van der Waals surface area contributed by atoms with Crippen molar-refractivity contribution in [2.75, 3.05) is 7.11 Å². The molecule has 0 aromatic heterocycles. The fourth-order valence-corrected chi connectivity index (χ4v) is 0.965. The summed E-state index contributed by atoms with van der Waals surface area (Å²) in [4.78, 5) is 10.2. The van der Waals surface area contributed by atoms with Crippen LogP contribution in [0.3, 0.4) is 0 Å². The van der Waals surface area contributed by atoms with E-state index in [0.717, 1.165) is 6.08 Å². The van der Waals surface area contributed by atoms with Crippen molar-refractivity contribution in [2.45, 2.75) is 0 Å². The third-order valence-electron chi connectivity index (χ3n) is 1.62. The topological polar surface area (TPSA) is 66.8 Å². The molecule has 0 aliphatic rings. The van der Waals surface area contributed by atoms with Crippen LogP contribution < -0.4 is 4.74 Å². The van der Waals surface area contributed by atoms with Crippen LogP contribution in [-0.2, 0) is 4.79 Å². The van der Waals surface area contributed by atoms with Gasteiger partial charge in [0.15, 0.2) is 11.5 Å². The lowest BCUT2D eigenvalue weighted by atomic mass is 10.2. The monoisotopic (exact) mass is 265 g/mol. The summed E-state index contributed by atoms with van der Waals surface area (Å²) in [6.45, 7) is 0. The maximum Gasteiger partial charge on any atom is 0.328 e. The van der Waals surface area contributed by atoms with E-state index in [1.54, 1.807) is 12.1 Å². The van der Waals surface area contributed by atoms with Gasteiger partial charge in [0, 0.05) is 14.5 Å². The van der Waals surface area contributed by atoms with Gasteiger partial charge in [-0.3, -0.25) is 14.1 Å². The van der Waals surface area contributed by atoms with Gasteiger partial charge in [0.1, 0.15) is 0 Å². The van der Waals surface area contributed by atoms with Gasteiger partial charge in [0.05, 0.1) is 7.11 Å². The second-order valence-electron chi connectivity index (χ2n) is 2.60. The molecule has 0 aliphatic carbocycles. The van der Waals surface area contributed by atoms with E-state index in [1.165, 1.54) is 19.3 Å². The lowest BCUT2D eigenvalue weighted by Gasteiger charge is -2.03. The number of ether oxygens (including phenoxy) is 1. The lowest BCUT2D eigenvalue weighted by Crippen LogP contribution is -1.87. The Balaban J connectivity index is -0.000000245. The molecular weight excluding hydrogens is 252 g/mol. The van der Waals surface area contributed by atoms with E-state index in [9.17, 15) is 9.90 Å². The fourth-order valence-electron chi connectivity index (χ4n) is 0.965. The number of rotatable bonds is 3. The summed E-state index contributed by atoms with van der Waals surface area (Å²) in [7, 11) is 1.43. The van der Waals surface area contributed by atoms with Gasteiger partial charge in [-0.05, 0) is 23.8 Å². The first-order chi connectivity index (χ1) is 6.63. The largest absolute Gasteiger partial charge is 0.504 e. The smallest absolute Gasteiger partial charge is 0.328 e. The van der Waals surface area contributed by atoms with Crippen molar-refractivity contribution in [2.24, 2.45) is 0 Å². The summed E-state index contributed by atoms with van der Waals surface area (Å²) in [5.41, 5.74) is 0.655. The Hall–Kier alpha value is -2.12. The van der Waals surface area contributed by atoms with E-state index in [4.69, 9.17) is 9.84 Å². The van der Waals surface area contributed by atoms with Gasteiger partial charge < -0.3 is 14.9 Å². The van der Waals surface area contributed by atoms with Crippen LogP contribution in [0.5, 0.6) is 11.5 Å². The Bertz CT molecular complexity index is 385. The minimum Gasteiger partial charge on any atom is -0.504 e. The number of phenolic OH excluding ortho intramolecular Hbond substituents is 1. The van der Waals surface area contributed by atoms with Crippen LogP contribution in [0.4, 0.5) is 14.1 Å². The van der Waals surface area contributed by atoms with E-state index in [1.807, 2.05) is 0 Å². The van der Waals surface area contributed by atoms with Crippen LogP contribution in [-0.4, -0.2) is 31.7 Å². The molecule has 2 N–H and O–H groups in total. The second-order valence-corrected chi connectivity index (χ2v) is 2.60. The van der Waals surface area contributed by atoms with Gasteiger partial charge in [-0.25, -0.2) is 4.79 Å². The molecule has 3 radical (unpaired) electrons. The van der Waals surface area contributed by atoms with Gasteiger partial charge in [-0.15, -0.1) is 0 Å². The maximum atomic E-state index is 10.2. The molecule has 0 fully saturated rings. The van der Waals surface area contributed by atoms with Gasteiger partial charge in [-0.1, -0.05) is 6.07 Å². The summed E-state index contributed by atoms with van der Waals surface area (Å²) in [5.74, 6) is -0.672. The highest BCUT2D eigenvalue weighted by Gasteiger charge is 2.00. The maximum absolute atomic E-state index is 10.2. The molecule has 1 aromatic carbocycles. The van der Waals surface area contributed by atoms with E-state index in [0.29, 0.717) is 11.3 Å². The number of methoxy groups -OCH3 is 1. The number of benzene rings is 1. The fraction of sp³-hybridized carbons (Fsp3) is 0.100. The van der Waals surface area contributed by atoms with Gasteiger partial charge in [0.25, 0.3) is 0 Å². The van der Waals surface area contributed by atoms with Crippen molar-refractivity contribution < 1.29 is 33.9 Å². The standard InChI is InChI=1S/C10H10O4.B.3FH/c1-14-9-6-7(2-4-8(9)11)3-5-10(12)13;;;;/h2-6,11H,1H3,(H,12,13);;3*1H. The highest BCUT2D eigenvalue weighted by molar-refractivity contribution is 5.85. The predicted octanol–water partition coefficient (Wildman–Crippen LogP) is 1.58. The molecule has 0 atom stereocenters. The van der Waals surface area contributed by atoms with E-state index >= 15 is 0 Å². The number of aromatic hydroxyl groups is 1. The summed E-state index contributed by atoms with van der Waals surface area (Å²) in [5, 5.41) is 17.6. The number of carbonyl (C=O) groups is 1. The number of carboxylic acids is 1. The number of halogens is 3. The minimum atomic E-state index is -1.02. The summed E-state index contributed by atoms with van der Waals surface area (Å²) in [6.07, 6.45) is 2.44. The Morgan fingerprint density at radius 2 is 1.83 bits per heavy atom. The SMILES string of the molecule is COc1cc(C=CC(=O)O)ccc1O.F.F.F.[B]. The van der Waals surface area contributed by atoms with E-state index in [-0.39, 0.29) is 28.3 Å². The molecule has 0 aliphatic heterocycles. The lowest BCUT2D eigenvalue weighted by molar-refractivity contribution is -0.131. The quantitative estimate of drug-likeness (QED) is 0.643. The molecule has 101 valence electrons. The molecule has 1 rings (SSSR count). The zero-order chi connectivity index (χ0) is 10.6. The average molecular weight is 265 g/mol. The van der Waals surface area contributed by atoms with E-state index < -0.39 is 5.97 Å². The number of hydrogen-bond acceptors (Lipinski definition) is 3. The molecule has 1 aromatic rings. The average Bonchev–Trinajstić information content (AvgIpc) is 2.16. The van der Waals surface area contributed by atoms with Crippen LogP contribution in [0, 0.1) is 0 Å². The molecule has 8 heteroatoms. The summed E-state index contributed by atoms with van der Waals surface area (Å²) >= 11 is 0. The van der Waals surface area contributed by atoms with Crippen LogP contribution in [0.2, 0.25) is 0 Å². The van der Waals surface area contributed by atoms with Gasteiger partial charge in [-0.2, -0.15) is 0 Å². The highest BCUT2D eigenvalue weighted by atomic mass is 19.0. The Morgan fingerprint density at radius 3 is 2.28 bits per heavy atom. The molecule has 0 saturated heterocycles. The van der Waals surface area contributed by atoms with Crippen molar-refractivity contribution >= 4 is 20.5 Å². The molecule has 0 spiro atoms. The van der Waals surface area contributed by atoms with Crippen molar-refractivity contribution in [3.8, 4) is 11.5 Å². The number of hydrogen-bond donors (Lipinski definition) is 2. The number of phenols is 1. The normalized spacial score (nSPS) is 8.06. The third kappa shape index (κ3) is 7.21. The van der Waals surface area contributed by atoms with Crippen LogP contribution in [0.25, 0.3) is 6.08 Å². The van der Waals surface area contributed by atoms with Crippen molar-refractivity contribution in [1.29, 1.82) is 0 Å². The molecule has 4 nitrogen and oxygen atoms in total. The predicted molar refractivity (Wildman–Crippen MR) is 64.6 cm³/mol. The third-order valence-corrected chi connectivity index (χ3v) is 1.62. The zero-order valence-electron chi connectivity index (χ0n) is 9.40. The van der Waals surface area contributed by atoms with Crippen molar-refractivity contribution in [3.05, 3.63) is 29.8 Å². The first-order valence-corrected chi connectivity index (χ1v) is 3.91. The van der Waals surface area contributed by atoms with Crippen LogP contribution in [0.1, 0.15) is 5.56 Å². The Morgan fingerprint density at radius 1 is 1.28 bits per heavy atom. The van der Waals surface area contributed by atoms with Crippen molar-refractivity contribution in [1.82, 2.24) is 0 Å². The molecule has 0 heterocycles. The molecule has 18 heavy (non-hydrogen) atoms. The molecule has 0 amide bonds. The van der Waals surface area contributed by atoms with E-state index in [2.05, 4.69) is 0 Å². The molecular formula is C10H13BF3O4. The van der Waals surface area contributed by atoms with Gasteiger partial charge >= 0.3 is 5.97 Å². The van der Waals surface area contributed by atoms with Crippen LogP contribution in [0.15, 0.2) is 24.3 Å². The Kier molecular flexibility index (Phi) is 15.7. The molecule has 0 bridgehead atoms.